The number of benzene rings is 1. The van der Waals surface area contributed by atoms with E-state index in [2.05, 4.69) is 11.8 Å². The summed E-state index contributed by atoms with van der Waals surface area (Å²) in [7, 11) is 1.43. The van der Waals surface area contributed by atoms with Crippen LogP contribution in [0.3, 0.4) is 0 Å². The molecule has 4 heteroatoms. The Balaban J connectivity index is 2.75. The number of anilines is 1. The van der Waals surface area contributed by atoms with E-state index in [1.165, 1.54) is 7.11 Å². The first-order valence-electron chi connectivity index (χ1n) is 6.55. The van der Waals surface area contributed by atoms with Gasteiger partial charge in [-0.25, -0.2) is 0 Å². The highest BCUT2D eigenvalue weighted by atomic mass is 16.5. The summed E-state index contributed by atoms with van der Waals surface area (Å²) >= 11 is 0. The molecule has 0 spiro atoms. The molecule has 0 saturated carbocycles. The van der Waals surface area contributed by atoms with Crippen molar-refractivity contribution in [1.29, 1.82) is 0 Å². The Morgan fingerprint density at radius 2 is 2.00 bits per heavy atom. The first kappa shape index (κ1) is 15.5. The molecule has 1 rings (SSSR count). The van der Waals surface area contributed by atoms with E-state index in [4.69, 9.17) is 10.5 Å². The molecular formula is C15H24N2O2. The van der Waals surface area contributed by atoms with Gasteiger partial charge in [-0.2, -0.15) is 0 Å². The van der Waals surface area contributed by atoms with Gasteiger partial charge in [-0.05, 0) is 32.0 Å². The summed E-state index contributed by atoms with van der Waals surface area (Å²) in [5, 5.41) is 0. The second-order valence-electron chi connectivity index (χ2n) is 5.38. The van der Waals surface area contributed by atoms with Crippen LogP contribution in [0.4, 0.5) is 5.69 Å². The number of hydrogen-bond acceptors (Lipinski definition) is 4. The lowest BCUT2D eigenvalue weighted by molar-refractivity contribution is -0.151. The molecule has 0 aliphatic carbocycles. The zero-order chi connectivity index (χ0) is 14.5. The zero-order valence-corrected chi connectivity index (χ0v) is 12.3. The fourth-order valence-corrected chi connectivity index (χ4v) is 2.10. The molecule has 0 aromatic heterocycles. The number of nitrogen functional groups attached to an aromatic ring is 1. The quantitative estimate of drug-likeness (QED) is 0.632. The minimum Gasteiger partial charge on any atom is -0.469 e. The maximum atomic E-state index is 11.7. The van der Waals surface area contributed by atoms with Crippen molar-refractivity contribution in [2.45, 2.75) is 27.3 Å². The van der Waals surface area contributed by atoms with Gasteiger partial charge in [0.1, 0.15) is 0 Å². The molecule has 0 saturated heterocycles. The van der Waals surface area contributed by atoms with E-state index >= 15 is 0 Å². The molecular weight excluding hydrogens is 240 g/mol. The topological polar surface area (TPSA) is 55.6 Å². The van der Waals surface area contributed by atoms with Crippen LogP contribution in [-0.4, -0.2) is 31.1 Å². The predicted octanol–water partition coefficient (Wildman–Crippen LogP) is 2.29. The van der Waals surface area contributed by atoms with Crippen molar-refractivity contribution < 1.29 is 9.53 Å². The molecule has 0 aliphatic heterocycles. The minimum atomic E-state index is -0.520. The van der Waals surface area contributed by atoms with Crippen molar-refractivity contribution in [3.05, 3.63) is 29.8 Å². The number of methoxy groups -OCH3 is 1. The molecule has 106 valence electrons. The third kappa shape index (κ3) is 4.24. The van der Waals surface area contributed by atoms with Gasteiger partial charge in [-0.3, -0.25) is 9.69 Å². The number of rotatable bonds is 6. The highest BCUT2D eigenvalue weighted by molar-refractivity contribution is 5.76. The summed E-state index contributed by atoms with van der Waals surface area (Å²) in [6.45, 7) is 8.11. The van der Waals surface area contributed by atoms with E-state index in [-0.39, 0.29) is 5.97 Å². The number of ether oxygens (including phenoxy) is 1. The Kier molecular flexibility index (Phi) is 5.36. The van der Waals surface area contributed by atoms with E-state index in [9.17, 15) is 4.79 Å². The SMILES string of the molecule is CCN(Cc1ccccc1N)CC(C)(C)C(=O)OC. The number of nitrogens with two attached hydrogens (primary N) is 1. The third-order valence-corrected chi connectivity index (χ3v) is 3.25. The van der Waals surface area contributed by atoms with Crippen molar-refractivity contribution in [2.24, 2.45) is 5.41 Å². The van der Waals surface area contributed by atoms with Crippen LogP contribution in [0.5, 0.6) is 0 Å². The van der Waals surface area contributed by atoms with Crippen molar-refractivity contribution in [3.8, 4) is 0 Å². The van der Waals surface area contributed by atoms with Gasteiger partial charge in [0.2, 0.25) is 0 Å². The van der Waals surface area contributed by atoms with E-state index in [0.29, 0.717) is 6.54 Å². The van der Waals surface area contributed by atoms with Gasteiger partial charge in [0, 0.05) is 18.8 Å². The lowest BCUT2D eigenvalue weighted by Crippen LogP contribution is -2.39. The Labute approximate surface area is 115 Å². The molecule has 0 fully saturated rings. The van der Waals surface area contributed by atoms with Crippen LogP contribution in [-0.2, 0) is 16.1 Å². The van der Waals surface area contributed by atoms with E-state index in [0.717, 1.165) is 24.3 Å². The van der Waals surface area contributed by atoms with Crippen LogP contribution >= 0.6 is 0 Å². The van der Waals surface area contributed by atoms with E-state index < -0.39 is 5.41 Å². The number of nitrogens with zero attached hydrogens (tertiary/aromatic N) is 1. The normalized spacial score (nSPS) is 11.6. The molecule has 0 amide bonds. The maximum absolute atomic E-state index is 11.7. The fraction of sp³-hybridized carbons (Fsp3) is 0.533. The molecule has 19 heavy (non-hydrogen) atoms. The Morgan fingerprint density at radius 3 is 2.53 bits per heavy atom. The second kappa shape index (κ2) is 6.57. The molecule has 0 radical (unpaired) electrons. The van der Waals surface area contributed by atoms with Crippen LogP contribution < -0.4 is 5.73 Å². The van der Waals surface area contributed by atoms with Gasteiger partial charge < -0.3 is 10.5 Å². The minimum absolute atomic E-state index is 0.188. The Morgan fingerprint density at radius 1 is 1.37 bits per heavy atom. The van der Waals surface area contributed by atoms with Gasteiger partial charge in [-0.1, -0.05) is 25.1 Å². The molecule has 2 N–H and O–H groups in total. The summed E-state index contributed by atoms with van der Waals surface area (Å²) in [5.74, 6) is -0.188. The third-order valence-electron chi connectivity index (χ3n) is 3.25. The molecule has 4 nitrogen and oxygen atoms in total. The largest absolute Gasteiger partial charge is 0.469 e. The van der Waals surface area contributed by atoms with Gasteiger partial charge in [0.25, 0.3) is 0 Å². The summed E-state index contributed by atoms with van der Waals surface area (Å²) in [6.07, 6.45) is 0. The summed E-state index contributed by atoms with van der Waals surface area (Å²) in [4.78, 5) is 13.9. The van der Waals surface area contributed by atoms with Crippen molar-refractivity contribution in [3.63, 3.8) is 0 Å². The average Bonchev–Trinajstić information content (AvgIpc) is 2.39. The smallest absolute Gasteiger partial charge is 0.312 e. The molecule has 0 atom stereocenters. The first-order valence-corrected chi connectivity index (χ1v) is 6.55. The van der Waals surface area contributed by atoms with Crippen LogP contribution in [0.2, 0.25) is 0 Å². The Hall–Kier alpha value is -1.55. The van der Waals surface area contributed by atoms with Crippen LogP contribution in [0.15, 0.2) is 24.3 Å². The number of para-hydroxylation sites is 1. The second-order valence-corrected chi connectivity index (χ2v) is 5.38. The predicted molar refractivity (Wildman–Crippen MR) is 77.6 cm³/mol. The van der Waals surface area contributed by atoms with Gasteiger partial charge in [0.15, 0.2) is 0 Å². The monoisotopic (exact) mass is 264 g/mol. The van der Waals surface area contributed by atoms with Crippen molar-refractivity contribution in [1.82, 2.24) is 4.90 Å². The van der Waals surface area contributed by atoms with Crippen molar-refractivity contribution >= 4 is 11.7 Å². The highest BCUT2D eigenvalue weighted by Gasteiger charge is 2.30. The lowest BCUT2D eigenvalue weighted by Gasteiger charge is -2.30. The first-order chi connectivity index (χ1) is 8.90. The highest BCUT2D eigenvalue weighted by Crippen LogP contribution is 2.21. The molecule has 1 aromatic carbocycles. The maximum Gasteiger partial charge on any atom is 0.312 e. The fourth-order valence-electron chi connectivity index (χ4n) is 2.10. The summed E-state index contributed by atoms with van der Waals surface area (Å²) in [5.41, 5.74) is 7.31. The van der Waals surface area contributed by atoms with Gasteiger partial charge >= 0.3 is 5.97 Å². The standard InChI is InChI=1S/C15H24N2O2/c1-5-17(11-15(2,3)14(18)19-4)10-12-8-6-7-9-13(12)16/h6-9H,5,10-11,16H2,1-4H3. The number of carbonyl (C=O) groups excluding carboxylic acids is 1. The lowest BCUT2D eigenvalue weighted by atomic mass is 9.92. The van der Waals surface area contributed by atoms with E-state index in [1.54, 1.807) is 0 Å². The molecule has 0 heterocycles. The van der Waals surface area contributed by atoms with Crippen LogP contribution in [0.1, 0.15) is 26.3 Å². The molecule has 1 aromatic rings. The van der Waals surface area contributed by atoms with Crippen molar-refractivity contribution in [2.75, 3.05) is 25.9 Å². The summed E-state index contributed by atoms with van der Waals surface area (Å²) in [6, 6.07) is 7.82. The average molecular weight is 264 g/mol. The summed E-state index contributed by atoms with van der Waals surface area (Å²) < 4.78 is 4.84. The molecule has 0 bridgehead atoms. The zero-order valence-electron chi connectivity index (χ0n) is 12.3. The Bertz CT molecular complexity index is 430. The van der Waals surface area contributed by atoms with Gasteiger partial charge in [-0.15, -0.1) is 0 Å². The van der Waals surface area contributed by atoms with Crippen LogP contribution in [0, 0.1) is 5.41 Å². The molecule has 0 aliphatic rings. The van der Waals surface area contributed by atoms with Crippen LogP contribution in [0.25, 0.3) is 0 Å². The van der Waals surface area contributed by atoms with E-state index in [1.807, 2.05) is 38.1 Å². The number of carbonyl (C=O) groups is 1. The molecule has 0 unspecified atom stereocenters. The number of esters is 1. The number of hydrogen-bond donors (Lipinski definition) is 1. The van der Waals surface area contributed by atoms with Gasteiger partial charge in [0.05, 0.1) is 12.5 Å².